The van der Waals surface area contributed by atoms with E-state index in [0.717, 1.165) is 12.1 Å². The van der Waals surface area contributed by atoms with E-state index in [1.54, 1.807) is 19.9 Å². The first-order valence-electron chi connectivity index (χ1n) is 11.8. The molecule has 0 unspecified atom stereocenters. The second-order valence-corrected chi connectivity index (χ2v) is 9.03. The Morgan fingerprint density at radius 2 is 1.83 bits per heavy atom. The molecule has 0 radical (unpaired) electrons. The molecule has 1 saturated carbocycles. The third kappa shape index (κ3) is 10.0. The third-order valence-electron chi connectivity index (χ3n) is 5.77. The van der Waals surface area contributed by atoms with Gasteiger partial charge in [-0.25, -0.2) is 0 Å². The quantitative estimate of drug-likeness (QED) is 0.223. The van der Waals surface area contributed by atoms with Gasteiger partial charge < -0.3 is 24.8 Å². The molecule has 0 amide bonds. The summed E-state index contributed by atoms with van der Waals surface area (Å²) in [5.41, 5.74) is -0.784. The fourth-order valence-electron chi connectivity index (χ4n) is 4.00. The Kier molecular flexibility index (Phi) is 11.3. The monoisotopic (exact) mass is 500 g/mol. The lowest BCUT2D eigenvalue weighted by Gasteiger charge is -2.19. The lowest BCUT2D eigenvalue weighted by Crippen LogP contribution is -2.21. The van der Waals surface area contributed by atoms with Crippen LogP contribution in [0.15, 0.2) is 48.6 Å². The van der Waals surface area contributed by atoms with Crippen LogP contribution in [0, 0.1) is 11.8 Å². The molecule has 0 aliphatic heterocycles. The van der Waals surface area contributed by atoms with Crippen molar-refractivity contribution < 1.29 is 42.8 Å². The minimum Gasteiger partial charge on any atom is -0.491 e. The summed E-state index contributed by atoms with van der Waals surface area (Å²) < 4.78 is 48.3. The molecule has 9 heteroatoms. The molecule has 196 valence electrons. The van der Waals surface area contributed by atoms with Crippen molar-refractivity contribution >= 4 is 5.97 Å². The number of aliphatic hydroxyl groups is 3. The molecular weight excluding hydrogens is 465 g/mol. The number of hydrogen-bond acceptors (Lipinski definition) is 6. The predicted octanol–water partition coefficient (Wildman–Crippen LogP) is 4.43. The maximum atomic E-state index is 12.6. The van der Waals surface area contributed by atoms with Crippen molar-refractivity contribution in [2.75, 3.05) is 6.61 Å². The van der Waals surface area contributed by atoms with Crippen molar-refractivity contribution in [1.82, 2.24) is 0 Å². The number of aliphatic hydroxyl groups excluding tert-OH is 3. The first-order chi connectivity index (χ1) is 16.5. The molecule has 2 rings (SSSR count). The molecular formula is C26H35F3O6. The molecule has 35 heavy (non-hydrogen) atoms. The molecule has 0 aromatic heterocycles. The molecule has 0 bridgehead atoms. The summed E-state index contributed by atoms with van der Waals surface area (Å²) in [4.78, 5) is 11.5. The highest BCUT2D eigenvalue weighted by atomic mass is 19.4. The number of alkyl halides is 3. The van der Waals surface area contributed by atoms with Gasteiger partial charge in [0.1, 0.15) is 18.5 Å². The summed E-state index contributed by atoms with van der Waals surface area (Å²) in [5.74, 6) is -0.626. The lowest BCUT2D eigenvalue weighted by atomic mass is 9.89. The van der Waals surface area contributed by atoms with Gasteiger partial charge in [0.05, 0.1) is 23.9 Å². The van der Waals surface area contributed by atoms with Crippen molar-refractivity contribution in [2.45, 2.75) is 76.5 Å². The van der Waals surface area contributed by atoms with Crippen molar-refractivity contribution in [3.63, 3.8) is 0 Å². The number of carbonyl (C=O) groups is 1. The first kappa shape index (κ1) is 28.9. The minimum absolute atomic E-state index is 0.131. The highest BCUT2D eigenvalue weighted by Crippen LogP contribution is 2.36. The number of carbonyl (C=O) groups excluding carboxylic acids is 1. The Bertz CT molecular complexity index is 834. The molecule has 3 N–H and O–H groups in total. The number of rotatable bonds is 12. The first-order valence-corrected chi connectivity index (χ1v) is 11.8. The fraction of sp³-hybridized carbons (Fsp3) is 0.577. The Labute approximate surface area is 204 Å². The van der Waals surface area contributed by atoms with Gasteiger partial charge in [0.15, 0.2) is 0 Å². The summed E-state index contributed by atoms with van der Waals surface area (Å²) in [5, 5.41) is 30.8. The minimum atomic E-state index is -4.43. The topological polar surface area (TPSA) is 96.2 Å². The maximum absolute atomic E-state index is 12.6. The van der Waals surface area contributed by atoms with Crippen LogP contribution in [-0.2, 0) is 15.7 Å². The number of allylic oxidation sites excluding steroid dienone is 2. The number of hydrogen-bond donors (Lipinski definition) is 3. The van der Waals surface area contributed by atoms with Gasteiger partial charge >= 0.3 is 12.1 Å². The van der Waals surface area contributed by atoms with Gasteiger partial charge in [0.2, 0.25) is 0 Å². The molecule has 1 aromatic carbocycles. The van der Waals surface area contributed by atoms with Gasteiger partial charge in [0, 0.05) is 18.8 Å². The largest absolute Gasteiger partial charge is 0.491 e. The summed E-state index contributed by atoms with van der Waals surface area (Å²) in [6.07, 6.45) is 2.38. The van der Waals surface area contributed by atoms with E-state index in [4.69, 9.17) is 9.47 Å². The number of ether oxygens (including phenoxy) is 2. The van der Waals surface area contributed by atoms with E-state index in [-0.39, 0.29) is 42.7 Å². The number of esters is 1. The van der Waals surface area contributed by atoms with E-state index in [2.05, 4.69) is 0 Å². The van der Waals surface area contributed by atoms with Crippen molar-refractivity contribution in [3.05, 3.63) is 54.1 Å². The highest BCUT2D eigenvalue weighted by Gasteiger charge is 2.39. The molecule has 1 aromatic rings. The standard InChI is InChI=1S/C26H35F3O6/c1-17(2)35-25(33)8-6-4-3-5-7-21-22(24(32)15-23(21)31)14-11-19(30)16-34-20-12-9-18(10-13-20)26(27,28)29/h3,5,9-14,17,19,21-24,30-32H,4,6-8,15-16H2,1-2H3/b5-3+,14-11?/t19-,21-,22-,23+,24-/m1/s1. The number of unbranched alkanes of at least 4 members (excludes halogenated alkanes) is 1. The van der Waals surface area contributed by atoms with Gasteiger partial charge in [0.25, 0.3) is 0 Å². The summed E-state index contributed by atoms with van der Waals surface area (Å²) in [7, 11) is 0. The van der Waals surface area contributed by atoms with Crippen LogP contribution in [0.2, 0.25) is 0 Å². The molecule has 5 atom stereocenters. The zero-order valence-corrected chi connectivity index (χ0v) is 20.0. The number of halogens is 3. The molecule has 0 spiro atoms. The van der Waals surface area contributed by atoms with Crippen molar-refractivity contribution in [1.29, 1.82) is 0 Å². The average molecular weight is 501 g/mol. The van der Waals surface area contributed by atoms with Crippen molar-refractivity contribution in [3.8, 4) is 5.75 Å². The molecule has 0 saturated heterocycles. The average Bonchev–Trinajstić information content (AvgIpc) is 3.04. The van der Waals surface area contributed by atoms with E-state index in [9.17, 15) is 33.3 Å². The van der Waals surface area contributed by atoms with Crippen LogP contribution in [0.4, 0.5) is 13.2 Å². The van der Waals surface area contributed by atoms with Crippen LogP contribution < -0.4 is 4.74 Å². The van der Waals surface area contributed by atoms with Crippen LogP contribution in [0.5, 0.6) is 5.75 Å². The SMILES string of the molecule is CC(C)OC(=O)CCC/C=C/C[C@@H]1[C@@H](C=C[C@@H](O)COc2ccc(C(F)(F)F)cc2)[C@H](O)C[C@@H]1O. The normalized spacial score (nSPS) is 23.9. The van der Waals surface area contributed by atoms with E-state index in [1.807, 2.05) is 12.2 Å². The number of benzene rings is 1. The van der Waals surface area contributed by atoms with Crippen molar-refractivity contribution in [2.24, 2.45) is 11.8 Å². The van der Waals surface area contributed by atoms with Gasteiger partial charge in [-0.2, -0.15) is 13.2 Å². The molecule has 0 heterocycles. The molecule has 1 aliphatic carbocycles. The van der Waals surface area contributed by atoms with E-state index in [1.165, 1.54) is 18.2 Å². The Morgan fingerprint density at radius 1 is 1.14 bits per heavy atom. The summed E-state index contributed by atoms with van der Waals surface area (Å²) in [6.45, 7) is 3.43. The molecule has 1 fully saturated rings. The van der Waals surface area contributed by atoms with E-state index in [0.29, 0.717) is 25.7 Å². The zero-order valence-electron chi connectivity index (χ0n) is 20.0. The smallest absolute Gasteiger partial charge is 0.416 e. The lowest BCUT2D eigenvalue weighted by molar-refractivity contribution is -0.147. The molecule has 1 aliphatic rings. The Hall–Kier alpha value is -2.36. The predicted molar refractivity (Wildman–Crippen MR) is 125 cm³/mol. The second kappa shape index (κ2) is 13.7. The van der Waals surface area contributed by atoms with Gasteiger partial charge in [-0.15, -0.1) is 0 Å². The van der Waals surface area contributed by atoms with E-state index >= 15 is 0 Å². The third-order valence-corrected chi connectivity index (χ3v) is 5.77. The summed E-state index contributed by atoms with van der Waals surface area (Å²) >= 11 is 0. The van der Waals surface area contributed by atoms with Crippen LogP contribution in [0.3, 0.4) is 0 Å². The highest BCUT2D eigenvalue weighted by molar-refractivity contribution is 5.69. The molecule has 6 nitrogen and oxygen atoms in total. The van der Waals surface area contributed by atoms with Gasteiger partial charge in [-0.3, -0.25) is 4.79 Å². The van der Waals surface area contributed by atoms with E-state index < -0.39 is 30.1 Å². The Balaban J connectivity index is 1.80. The van der Waals surface area contributed by atoms with Crippen LogP contribution in [0.25, 0.3) is 0 Å². The van der Waals surface area contributed by atoms with Gasteiger partial charge in [-0.1, -0.05) is 24.3 Å². The maximum Gasteiger partial charge on any atom is 0.416 e. The fourth-order valence-corrected chi connectivity index (χ4v) is 4.00. The summed E-state index contributed by atoms with van der Waals surface area (Å²) in [6, 6.07) is 4.18. The zero-order chi connectivity index (χ0) is 26.0. The van der Waals surface area contributed by atoms with Crippen LogP contribution in [-0.4, -0.2) is 52.3 Å². The van der Waals surface area contributed by atoms with Gasteiger partial charge in [-0.05, 0) is 63.3 Å². The second-order valence-electron chi connectivity index (χ2n) is 9.03. The van der Waals surface area contributed by atoms with Crippen LogP contribution in [0.1, 0.15) is 51.5 Å². The van der Waals surface area contributed by atoms with Crippen LogP contribution >= 0.6 is 0 Å². The Morgan fingerprint density at radius 3 is 2.46 bits per heavy atom.